The fourth-order valence-corrected chi connectivity index (χ4v) is 4.03. The van der Waals surface area contributed by atoms with Crippen LogP contribution in [0.1, 0.15) is 24.3 Å². The molecule has 2 heterocycles. The molecule has 2 nitrogen and oxygen atoms in total. The molecule has 3 heteroatoms. The Morgan fingerprint density at radius 3 is 2.89 bits per heavy atom. The van der Waals surface area contributed by atoms with Crippen molar-refractivity contribution in [2.75, 3.05) is 32.1 Å². The average Bonchev–Trinajstić information content (AvgIpc) is 2.84. The Balaban J connectivity index is 1.47. The van der Waals surface area contributed by atoms with E-state index in [0.717, 1.165) is 32.2 Å². The molecule has 1 atom stereocenters. The molecule has 1 unspecified atom stereocenters. The van der Waals surface area contributed by atoms with Crippen molar-refractivity contribution in [2.45, 2.75) is 23.7 Å². The molecule has 1 aromatic carbocycles. The van der Waals surface area contributed by atoms with E-state index in [0.29, 0.717) is 5.92 Å². The molecule has 1 saturated heterocycles. The van der Waals surface area contributed by atoms with Crippen LogP contribution in [-0.2, 0) is 4.74 Å². The summed E-state index contributed by atoms with van der Waals surface area (Å²) in [5.41, 5.74) is 1.49. The van der Waals surface area contributed by atoms with Crippen molar-refractivity contribution < 1.29 is 4.74 Å². The topological polar surface area (TPSA) is 21.3 Å². The Labute approximate surface area is 113 Å². The van der Waals surface area contributed by atoms with E-state index in [-0.39, 0.29) is 0 Å². The molecule has 2 aliphatic rings. The van der Waals surface area contributed by atoms with Crippen molar-refractivity contribution in [1.29, 1.82) is 0 Å². The first-order chi connectivity index (χ1) is 8.93. The highest BCUT2D eigenvalue weighted by Crippen LogP contribution is 2.39. The second-order valence-corrected chi connectivity index (χ2v) is 6.34. The second kappa shape index (κ2) is 6.09. The van der Waals surface area contributed by atoms with Crippen LogP contribution in [0.2, 0.25) is 0 Å². The van der Waals surface area contributed by atoms with E-state index in [1.807, 2.05) is 11.8 Å². The predicted octanol–water partition coefficient (Wildman–Crippen LogP) is 2.89. The van der Waals surface area contributed by atoms with Gasteiger partial charge in [-0.25, -0.2) is 0 Å². The van der Waals surface area contributed by atoms with E-state index < -0.39 is 0 Å². The number of benzene rings is 1. The van der Waals surface area contributed by atoms with Crippen LogP contribution >= 0.6 is 11.8 Å². The quantitative estimate of drug-likeness (QED) is 0.902. The third kappa shape index (κ3) is 2.90. The van der Waals surface area contributed by atoms with Gasteiger partial charge >= 0.3 is 0 Å². The summed E-state index contributed by atoms with van der Waals surface area (Å²) in [7, 11) is 0. The molecule has 0 spiro atoms. The van der Waals surface area contributed by atoms with Gasteiger partial charge in [0.15, 0.2) is 0 Å². The molecule has 0 radical (unpaired) electrons. The van der Waals surface area contributed by atoms with Gasteiger partial charge in [-0.3, -0.25) is 0 Å². The summed E-state index contributed by atoms with van der Waals surface area (Å²) >= 11 is 1.97. The number of ether oxygens (including phenoxy) is 1. The van der Waals surface area contributed by atoms with E-state index in [2.05, 4.69) is 29.6 Å². The largest absolute Gasteiger partial charge is 0.380 e. The maximum atomic E-state index is 5.97. The molecular weight excluding hydrogens is 242 g/mol. The highest BCUT2D eigenvalue weighted by molar-refractivity contribution is 7.99. The number of hydrogen-bond donors (Lipinski definition) is 1. The molecule has 0 saturated carbocycles. The molecule has 0 amide bonds. The van der Waals surface area contributed by atoms with Crippen molar-refractivity contribution in [3.63, 3.8) is 0 Å². The zero-order valence-electron chi connectivity index (χ0n) is 10.7. The first-order valence-corrected chi connectivity index (χ1v) is 7.92. The van der Waals surface area contributed by atoms with Crippen molar-refractivity contribution in [3.8, 4) is 0 Å². The molecule has 0 aliphatic carbocycles. The second-order valence-electron chi connectivity index (χ2n) is 5.28. The van der Waals surface area contributed by atoms with E-state index in [4.69, 9.17) is 4.74 Å². The van der Waals surface area contributed by atoms with Crippen LogP contribution in [0.15, 0.2) is 29.2 Å². The summed E-state index contributed by atoms with van der Waals surface area (Å²) in [6.07, 6.45) is 2.55. The number of hydrogen-bond acceptors (Lipinski definition) is 3. The Morgan fingerprint density at radius 1 is 1.17 bits per heavy atom. The lowest BCUT2D eigenvalue weighted by molar-refractivity contribution is 0.0809. The smallest absolute Gasteiger partial charge is 0.0543 e. The molecule has 1 fully saturated rings. The molecule has 0 bridgehead atoms. The van der Waals surface area contributed by atoms with Gasteiger partial charge in [0.1, 0.15) is 0 Å². The molecule has 1 N–H and O–H groups in total. The third-order valence-corrected chi connectivity index (χ3v) is 5.18. The van der Waals surface area contributed by atoms with Gasteiger partial charge in [-0.1, -0.05) is 18.2 Å². The number of nitrogens with one attached hydrogen (secondary N) is 1. The minimum absolute atomic E-state index is 0.605. The highest BCUT2D eigenvalue weighted by atomic mass is 32.2. The van der Waals surface area contributed by atoms with Gasteiger partial charge in [-0.2, -0.15) is 0 Å². The van der Waals surface area contributed by atoms with Crippen LogP contribution in [0.3, 0.4) is 0 Å². The summed E-state index contributed by atoms with van der Waals surface area (Å²) in [5, 5.41) is 3.40. The SMILES string of the molecule is c1ccc2c(c1)SCC2COCC1CCNCC1. The van der Waals surface area contributed by atoms with Crippen molar-refractivity contribution in [1.82, 2.24) is 5.32 Å². The van der Waals surface area contributed by atoms with Crippen LogP contribution < -0.4 is 5.32 Å². The first kappa shape index (κ1) is 12.5. The van der Waals surface area contributed by atoms with Gasteiger partial charge < -0.3 is 10.1 Å². The Bertz CT molecular complexity index is 390. The summed E-state index contributed by atoms with van der Waals surface area (Å²) in [6.45, 7) is 4.17. The van der Waals surface area contributed by atoms with Gasteiger partial charge in [0.2, 0.25) is 0 Å². The lowest BCUT2D eigenvalue weighted by Crippen LogP contribution is -2.30. The fraction of sp³-hybridized carbons (Fsp3) is 0.600. The standard InChI is InChI=1S/C15H21NOS/c1-2-4-15-14(3-1)13(11-18-15)10-17-9-12-5-7-16-8-6-12/h1-4,12-13,16H,5-11H2. The minimum atomic E-state index is 0.605. The minimum Gasteiger partial charge on any atom is -0.380 e. The van der Waals surface area contributed by atoms with E-state index in [1.54, 1.807) is 0 Å². The zero-order chi connectivity index (χ0) is 12.2. The first-order valence-electron chi connectivity index (χ1n) is 6.93. The number of piperidine rings is 1. The van der Waals surface area contributed by atoms with Crippen LogP contribution in [0.5, 0.6) is 0 Å². The van der Waals surface area contributed by atoms with Gasteiger partial charge in [0.25, 0.3) is 0 Å². The van der Waals surface area contributed by atoms with E-state index >= 15 is 0 Å². The number of fused-ring (bicyclic) bond motifs is 1. The third-order valence-electron chi connectivity index (χ3n) is 3.93. The van der Waals surface area contributed by atoms with Gasteiger partial charge in [-0.15, -0.1) is 11.8 Å². The highest BCUT2D eigenvalue weighted by Gasteiger charge is 2.23. The average molecular weight is 263 g/mol. The fourth-order valence-electron chi connectivity index (χ4n) is 2.79. The monoisotopic (exact) mass is 263 g/mol. The van der Waals surface area contributed by atoms with Crippen molar-refractivity contribution in [2.24, 2.45) is 5.92 Å². The predicted molar refractivity (Wildman–Crippen MR) is 76.3 cm³/mol. The molecular formula is C15H21NOS. The van der Waals surface area contributed by atoms with Crippen molar-refractivity contribution >= 4 is 11.8 Å². The lowest BCUT2D eigenvalue weighted by Gasteiger charge is -2.23. The molecule has 2 aliphatic heterocycles. The summed E-state index contributed by atoms with van der Waals surface area (Å²) in [4.78, 5) is 1.45. The Morgan fingerprint density at radius 2 is 2.00 bits per heavy atom. The van der Waals surface area contributed by atoms with Gasteiger partial charge in [0, 0.05) is 23.2 Å². The van der Waals surface area contributed by atoms with E-state index in [1.165, 1.54) is 29.1 Å². The Hall–Kier alpha value is -0.510. The molecule has 3 rings (SSSR count). The summed E-state index contributed by atoms with van der Waals surface area (Å²) in [6, 6.07) is 8.76. The van der Waals surface area contributed by atoms with Gasteiger partial charge in [0.05, 0.1) is 6.61 Å². The van der Waals surface area contributed by atoms with Crippen LogP contribution in [0.4, 0.5) is 0 Å². The number of rotatable bonds is 4. The molecule has 0 aromatic heterocycles. The normalized spacial score (nSPS) is 24.1. The number of thioether (sulfide) groups is 1. The maximum absolute atomic E-state index is 5.97. The molecule has 98 valence electrons. The Kier molecular flexibility index (Phi) is 4.24. The van der Waals surface area contributed by atoms with Crippen LogP contribution in [0, 0.1) is 5.92 Å². The van der Waals surface area contributed by atoms with Crippen molar-refractivity contribution in [3.05, 3.63) is 29.8 Å². The van der Waals surface area contributed by atoms with E-state index in [9.17, 15) is 0 Å². The molecule has 1 aromatic rings. The van der Waals surface area contributed by atoms with Crippen LogP contribution in [0.25, 0.3) is 0 Å². The van der Waals surface area contributed by atoms with Gasteiger partial charge in [-0.05, 0) is 43.5 Å². The molecule has 18 heavy (non-hydrogen) atoms. The zero-order valence-corrected chi connectivity index (χ0v) is 11.5. The summed E-state index contributed by atoms with van der Waals surface area (Å²) in [5.74, 6) is 2.56. The maximum Gasteiger partial charge on any atom is 0.0543 e. The van der Waals surface area contributed by atoms with Crippen LogP contribution in [-0.4, -0.2) is 32.1 Å². The summed E-state index contributed by atoms with van der Waals surface area (Å²) < 4.78 is 5.97. The lowest BCUT2D eigenvalue weighted by atomic mass is 9.99.